The van der Waals surface area contributed by atoms with Crippen molar-refractivity contribution in [3.63, 3.8) is 0 Å². The molecular weight excluding hydrogens is 265 g/mol. The highest BCUT2D eigenvalue weighted by atomic mass is 127. The van der Waals surface area contributed by atoms with Crippen molar-refractivity contribution < 1.29 is 0 Å². The van der Waals surface area contributed by atoms with E-state index in [2.05, 4.69) is 32.7 Å². The van der Waals surface area contributed by atoms with Crippen LogP contribution in [0.15, 0.2) is 36.7 Å². The molecule has 0 unspecified atom stereocenters. The summed E-state index contributed by atoms with van der Waals surface area (Å²) in [4.78, 5) is 4.18. The van der Waals surface area contributed by atoms with Crippen molar-refractivity contribution in [2.45, 2.75) is 0 Å². The Hall–Kier alpha value is -0.910. The van der Waals surface area contributed by atoms with E-state index in [9.17, 15) is 0 Å². The highest BCUT2D eigenvalue weighted by Crippen LogP contribution is 2.08. The second-order valence-corrected chi connectivity index (χ2v) is 3.36. The van der Waals surface area contributed by atoms with Crippen LogP contribution in [0.25, 0.3) is 5.82 Å². The third-order valence-corrected chi connectivity index (χ3v) is 2.28. The van der Waals surface area contributed by atoms with Gasteiger partial charge in [-0.25, -0.2) is 9.67 Å². The van der Waals surface area contributed by atoms with E-state index in [1.807, 2.05) is 24.3 Å². The molecule has 0 fully saturated rings. The van der Waals surface area contributed by atoms with Crippen LogP contribution in [0.4, 0.5) is 0 Å². The summed E-state index contributed by atoms with van der Waals surface area (Å²) in [5, 5.41) is 4.13. The van der Waals surface area contributed by atoms with Crippen molar-refractivity contribution in [2.75, 3.05) is 0 Å². The van der Waals surface area contributed by atoms with Gasteiger partial charge in [0.2, 0.25) is 0 Å². The Labute approximate surface area is 83.6 Å². The third-order valence-electron chi connectivity index (χ3n) is 1.46. The fraction of sp³-hybridized carbons (Fsp3) is 0. The molecule has 0 aliphatic rings. The lowest BCUT2D eigenvalue weighted by atomic mass is 10.5. The van der Waals surface area contributed by atoms with Gasteiger partial charge in [0, 0.05) is 6.20 Å². The molecule has 4 heteroatoms. The second kappa shape index (κ2) is 3.22. The summed E-state index contributed by atoms with van der Waals surface area (Å²) >= 11 is 2.22. The average Bonchev–Trinajstić information content (AvgIpc) is 2.53. The lowest BCUT2D eigenvalue weighted by molar-refractivity contribution is 0.827. The van der Waals surface area contributed by atoms with Crippen LogP contribution in [-0.4, -0.2) is 14.8 Å². The van der Waals surface area contributed by atoms with E-state index in [1.54, 1.807) is 17.1 Å². The predicted molar refractivity (Wildman–Crippen MR) is 54.1 cm³/mol. The number of aromatic nitrogens is 3. The number of pyridine rings is 1. The van der Waals surface area contributed by atoms with Crippen molar-refractivity contribution in [1.29, 1.82) is 0 Å². The quantitative estimate of drug-likeness (QED) is 0.741. The maximum atomic E-state index is 4.18. The number of hydrogen-bond donors (Lipinski definition) is 0. The van der Waals surface area contributed by atoms with Gasteiger partial charge in [-0.05, 0) is 40.8 Å². The molecule has 0 spiro atoms. The summed E-state index contributed by atoms with van der Waals surface area (Å²) in [6, 6.07) is 7.70. The molecule has 3 nitrogen and oxygen atoms in total. The van der Waals surface area contributed by atoms with E-state index in [0.29, 0.717) is 0 Å². The molecule has 0 aliphatic carbocycles. The van der Waals surface area contributed by atoms with Crippen LogP contribution in [0.3, 0.4) is 0 Å². The van der Waals surface area contributed by atoms with Crippen molar-refractivity contribution in [3.05, 3.63) is 40.4 Å². The van der Waals surface area contributed by atoms with Crippen LogP contribution in [0.2, 0.25) is 0 Å². The molecule has 60 valence electrons. The normalized spacial score (nSPS) is 10.1. The molecule has 0 radical (unpaired) electrons. The monoisotopic (exact) mass is 271 g/mol. The van der Waals surface area contributed by atoms with Crippen LogP contribution in [0.5, 0.6) is 0 Å². The van der Waals surface area contributed by atoms with Crippen LogP contribution < -0.4 is 0 Å². The zero-order chi connectivity index (χ0) is 8.39. The lowest BCUT2D eigenvalue weighted by Crippen LogP contribution is -2.00. The van der Waals surface area contributed by atoms with Gasteiger partial charge in [-0.2, -0.15) is 5.10 Å². The molecular formula is C8H6IN3. The maximum absolute atomic E-state index is 4.18. The van der Waals surface area contributed by atoms with Gasteiger partial charge in [-0.3, -0.25) is 0 Å². The van der Waals surface area contributed by atoms with Crippen molar-refractivity contribution in [2.24, 2.45) is 0 Å². The van der Waals surface area contributed by atoms with E-state index in [4.69, 9.17) is 0 Å². The molecule has 2 aromatic rings. The van der Waals surface area contributed by atoms with Gasteiger partial charge < -0.3 is 0 Å². The van der Waals surface area contributed by atoms with Gasteiger partial charge >= 0.3 is 0 Å². The highest BCUT2D eigenvalue weighted by molar-refractivity contribution is 14.1. The molecule has 0 saturated carbocycles. The standard InChI is InChI=1S/C8H6IN3/c9-7-4-6-11-12(7)8-3-1-2-5-10-8/h1-6H. The SMILES string of the molecule is Ic1ccnn1-c1ccccn1. The van der Waals surface area contributed by atoms with Gasteiger partial charge in [0.15, 0.2) is 5.82 Å². The molecule has 0 aromatic carbocycles. The lowest BCUT2D eigenvalue weighted by Gasteiger charge is -1.99. The Bertz CT molecular complexity index is 369. The first-order valence-electron chi connectivity index (χ1n) is 3.49. The summed E-state index contributed by atoms with van der Waals surface area (Å²) in [5.41, 5.74) is 0. The molecule has 2 rings (SSSR count). The van der Waals surface area contributed by atoms with E-state index in [0.717, 1.165) is 9.52 Å². The number of rotatable bonds is 1. The van der Waals surface area contributed by atoms with Crippen molar-refractivity contribution in [1.82, 2.24) is 14.8 Å². The summed E-state index contributed by atoms with van der Waals surface area (Å²) in [5.74, 6) is 0.854. The minimum Gasteiger partial charge on any atom is -0.237 e. The minimum absolute atomic E-state index is 0.854. The second-order valence-electron chi connectivity index (χ2n) is 2.25. The van der Waals surface area contributed by atoms with E-state index >= 15 is 0 Å². The molecule has 2 aromatic heterocycles. The zero-order valence-corrected chi connectivity index (χ0v) is 8.34. The predicted octanol–water partition coefficient (Wildman–Crippen LogP) is 1.87. The van der Waals surface area contributed by atoms with Crippen molar-refractivity contribution in [3.8, 4) is 5.82 Å². The van der Waals surface area contributed by atoms with E-state index in [1.165, 1.54) is 0 Å². The van der Waals surface area contributed by atoms with Gasteiger partial charge in [0.25, 0.3) is 0 Å². The molecule has 0 saturated heterocycles. The number of halogens is 1. The fourth-order valence-corrected chi connectivity index (χ4v) is 1.47. The Kier molecular flexibility index (Phi) is 2.07. The first-order valence-corrected chi connectivity index (χ1v) is 4.57. The first kappa shape index (κ1) is 7.72. The summed E-state index contributed by atoms with van der Waals surface area (Å²) in [6.07, 6.45) is 3.52. The Morgan fingerprint density at radius 3 is 2.67 bits per heavy atom. The Balaban J connectivity index is 2.51. The Morgan fingerprint density at radius 1 is 1.17 bits per heavy atom. The van der Waals surface area contributed by atoms with Gasteiger partial charge in [0.1, 0.15) is 3.70 Å². The average molecular weight is 271 g/mol. The molecule has 0 N–H and O–H groups in total. The topological polar surface area (TPSA) is 30.7 Å². The van der Waals surface area contributed by atoms with Gasteiger partial charge in [-0.1, -0.05) is 6.07 Å². The number of hydrogen-bond acceptors (Lipinski definition) is 2. The molecule has 0 bridgehead atoms. The van der Waals surface area contributed by atoms with Gasteiger partial charge in [-0.15, -0.1) is 0 Å². The molecule has 0 amide bonds. The number of nitrogens with zero attached hydrogens (tertiary/aromatic N) is 3. The van der Waals surface area contributed by atoms with Crippen molar-refractivity contribution >= 4 is 22.6 Å². The largest absolute Gasteiger partial charge is 0.237 e. The highest BCUT2D eigenvalue weighted by Gasteiger charge is 2.00. The van der Waals surface area contributed by atoms with Crippen LogP contribution in [0, 0.1) is 3.70 Å². The maximum Gasteiger partial charge on any atom is 0.154 e. The zero-order valence-electron chi connectivity index (χ0n) is 6.18. The summed E-state index contributed by atoms with van der Waals surface area (Å²) < 4.78 is 2.85. The van der Waals surface area contributed by atoms with E-state index in [-0.39, 0.29) is 0 Å². The molecule has 2 heterocycles. The minimum atomic E-state index is 0.854. The molecule has 0 atom stereocenters. The summed E-state index contributed by atoms with van der Waals surface area (Å²) in [7, 11) is 0. The van der Waals surface area contributed by atoms with Gasteiger partial charge in [0.05, 0.1) is 6.20 Å². The first-order chi connectivity index (χ1) is 5.88. The van der Waals surface area contributed by atoms with Crippen LogP contribution in [0.1, 0.15) is 0 Å². The van der Waals surface area contributed by atoms with E-state index < -0.39 is 0 Å². The van der Waals surface area contributed by atoms with Crippen LogP contribution >= 0.6 is 22.6 Å². The van der Waals surface area contributed by atoms with Crippen LogP contribution in [-0.2, 0) is 0 Å². The third kappa shape index (κ3) is 1.34. The molecule has 12 heavy (non-hydrogen) atoms. The molecule has 0 aliphatic heterocycles. The smallest absolute Gasteiger partial charge is 0.154 e. The summed E-state index contributed by atoms with van der Waals surface area (Å²) in [6.45, 7) is 0. The fourth-order valence-electron chi connectivity index (χ4n) is 0.935. The Morgan fingerprint density at radius 2 is 2.08 bits per heavy atom.